The number of nitrogens with zero attached hydrogens (tertiary/aromatic N) is 2. The molecule has 0 saturated carbocycles. The van der Waals surface area contributed by atoms with Crippen molar-refractivity contribution in [1.29, 1.82) is 0 Å². The first kappa shape index (κ1) is 21.4. The number of aliphatic hydroxyl groups is 1. The third kappa shape index (κ3) is 6.35. The molecular formula is C20H21N3O6. The molecule has 0 unspecified atom stereocenters. The number of hydrogen-bond donors (Lipinski definition) is 2. The number of ether oxygens (including phenoxy) is 2. The second-order valence-electron chi connectivity index (χ2n) is 5.39. The first-order valence-electron chi connectivity index (χ1n) is 8.80. The Labute approximate surface area is 167 Å². The van der Waals surface area contributed by atoms with Crippen LogP contribution in [0.3, 0.4) is 0 Å². The Balaban J connectivity index is 2.39. The molecule has 1 aromatic heterocycles. The highest BCUT2D eigenvalue weighted by atomic mass is 16.5. The van der Waals surface area contributed by atoms with E-state index in [1.165, 1.54) is 18.5 Å². The Morgan fingerprint density at radius 2 is 1.83 bits per heavy atom. The lowest BCUT2D eigenvalue weighted by atomic mass is 10.1. The van der Waals surface area contributed by atoms with Crippen LogP contribution in [0.2, 0.25) is 0 Å². The smallest absolute Gasteiger partial charge is 0.358 e. The minimum Gasteiger partial charge on any atom is -0.506 e. The van der Waals surface area contributed by atoms with Crippen molar-refractivity contribution in [3.63, 3.8) is 0 Å². The second kappa shape index (κ2) is 11.1. The largest absolute Gasteiger partial charge is 0.506 e. The van der Waals surface area contributed by atoms with Gasteiger partial charge in [0.15, 0.2) is 11.5 Å². The lowest BCUT2D eigenvalue weighted by Gasteiger charge is -2.07. The van der Waals surface area contributed by atoms with Crippen molar-refractivity contribution in [2.75, 3.05) is 18.5 Å². The molecule has 0 aliphatic heterocycles. The number of aliphatic hydroxyl groups excluding tert-OH is 1. The van der Waals surface area contributed by atoms with Crippen molar-refractivity contribution < 1.29 is 28.7 Å². The molecule has 0 atom stereocenters. The summed E-state index contributed by atoms with van der Waals surface area (Å²) < 4.78 is 14.6. The third-order valence-electron chi connectivity index (χ3n) is 3.41. The van der Waals surface area contributed by atoms with Gasteiger partial charge in [0.1, 0.15) is 17.6 Å². The first-order valence-corrected chi connectivity index (χ1v) is 8.80. The van der Waals surface area contributed by atoms with Crippen molar-refractivity contribution in [1.82, 2.24) is 5.16 Å². The minimum atomic E-state index is -0.787. The van der Waals surface area contributed by atoms with E-state index in [4.69, 9.17) is 14.0 Å². The zero-order valence-corrected chi connectivity index (χ0v) is 16.0. The second-order valence-corrected chi connectivity index (χ2v) is 5.39. The van der Waals surface area contributed by atoms with E-state index >= 15 is 0 Å². The Bertz CT molecular complexity index is 902. The summed E-state index contributed by atoms with van der Waals surface area (Å²) in [6, 6.07) is 9.96. The molecule has 0 amide bonds. The maximum atomic E-state index is 12.3. The van der Waals surface area contributed by atoms with Crippen LogP contribution in [-0.4, -0.2) is 41.6 Å². The standard InChI is InChI=1S/C20H21N3O6/c1-3-27-19(25)15(18(24)14-8-6-5-7-9-14)12-21-16(20(26)28-4-2)13-22-17-10-11-29-23-17/h5-13,24H,3-4H2,1-2H3,(H,22,23)/b16-13-,18-15+,21-12+. The monoisotopic (exact) mass is 399 g/mol. The Hall–Kier alpha value is -3.88. The van der Waals surface area contributed by atoms with Crippen LogP contribution in [0.4, 0.5) is 5.82 Å². The third-order valence-corrected chi connectivity index (χ3v) is 3.41. The van der Waals surface area contributed by atoms with Gasteiger partial charge < -0.3 is 24.4 Å². The summed E-state index contributed by atoms with van der Waals surface area (Å²) in [6.07, 6.45) is 3.64. The van der Waals surface area contributed by atoms with Gasteiger partial charge in [-0.25, -0.2) is 14.6 Å². The van der Waals surface area contributed by atoms with Crippen molar-refractivity contribution in [3.05, 3.63) is 65.7 Å². The van der Waals surface area contributed by atoms with E-state index in [1.54, 1.807) is 44.2 Å². The molecular weight excluding hydrogens is 378 g/mol. The fourth-order valence-corrected chi connectivity index (χ4v) is 2.09. The number of rotatable bonds is 9. The lowest BCUT2D eigenvalue weighted by molar-refractivity contribution is -0.139. The minimum absolute atomic E-state index is 0.104. The number of benzene rings is 1. The maximum absolute atomic E-state index is 12.3. The molecule has 2 aromatic rings. The summed E-state index contributed by atoms with van der Waals surface area (Å²) >= 11 is 0. The fraction of sp³-hybridized carbons (Fsp3) is 0.200. The van der Waals surface area contributed by atoms with Gasteiger partial charge in [-0.05, 0) is 13.8 Å². The van der Waals surface area contributed by atoms with Crippen LogP contribution in [0.1, 0.15) is 19.4 Å². The topological polar surface area (TPSA) is 123 Å². The number of anilines is 1. The van der Waals surface area contributed by atoms with Crippen molar-refractivity contribution >= 4 is 29.7 Å². The van der Waals surface area contributed by atoms with Crippen molar-refractivity contribution in [3.8, 4) is 0 Å². The normalized spacial score (nSPS) is 12.4. The van der Waals surface area contributed by atoms with E-state index < -0.39 is 11.9 Å². The molecule has 0 bridgehead atoms. The molecule has 2 rings (SSSR count). The van der Waals surface area contributed by atoms with Gasteiger partial charge >= 0.3 is 11.9 Å². The van der Waals surface area contributed by atoms with Gasteiger partial charge in [0.2, 0.25) is 0 Å². The SMILES string of the molecule is CCOC(=O)C(=C/Nc1ccon1)/N=C/C(C(=O)OCC)=C(\O)c1ccccc1. The van der Waals surface area contributed by atoms with E-state index in [0.717, 1.165) is 6.21 Å². The summed E-state index contributed by atoms with van der Waals surface area (Å²) in [6.45, 7) is 3.52. The van der Waals surface area contributed by atoms with Crippen LogP contribution in [0.25, 0.3) is 5.76 Å². The number of aliphatic imine (C=N–C) groups is 1. The van der Waals surface area contributed by atoms with E-state index in [-0.39, 0.29) is 30.2 Å². The van der Waals surface area contributed by atoms with Crippen LogP contribution in [0.5, 0.6) is 0 Å². The molecule has 1 aromatic carbocycles. The summed E-state index contributed by atoms with van der Waals surface area (Å²) in [5.74, 6) is -1.51. The van der Waals surface area contributed by atoms with E-state index in [1.807, 2.05) is 0 Å². The number of carbonyl (C=O) groups excluding carboxylic acids is 2. The summed E-state index contributed by atoms with van der Waals surface area (Å²) in [4.78, 5) is 28.5. The number of hydrogen-bond acceptors (Lipinski definition) is 9. The van der Waals surface area contributed by atoms with Gasteiger partial charge in [-0.2, -0.15) is 0 Å². The molecule has 9 heteroatoms. The number of nitrogens with one attached hydrogen (secondary N) is 1. The Kier molecular flexibility index (Phi) is 8.18. The van der Waals surface area contributed by atoms with Gasteiger partial charge in [-0.3, -0.25) is 0 Å². The molecule has 29 heavy (non-hydrogen) atoms. The van der Waals surface area contributed by atoms with Gasteiger partial charge in [0.05, 0.1) is 13.2 Å². The van der Waals surface area contributed by atoms with Gasteiger partial charge in [0.25, 0.3) is 0 Å². The van der Waals surface area contributed by atoms with Crippen LogP contribution >= 0.6 is 0 Å². The van der Waals surface area contributed by atoms with Crippen LogP contribution in [0, 0.1) is 0 Å². The molecule has 9 nitrogen and oxygen atoms in total. The predicted octanol–water partition coefficient (Wildman–Crippen LogP) is 3.09. The molecule has 0 radical (unpaired) electrons. The summed E-state index contributed by atoms with van der Waals surface area (Å²) in [7, 11) is 0. The molecule has 0 aliphatic rings. The molecule has 152 valence electrons. The molecule has 0 spiro atoms. The van der Waals surface area contributed by atoms with Gasteiger partial charge in [-0.1, -0.05) is 35.5 Å². The lowest BCUT2D eigenvalue weighted by Crippen LogP contribution is -2.13. The zero-order chi connectivity index (χ0) is 21.1. The van der Waals surface area contributed by atoms with Crippen LogP contribution in [0.15, 0.2) is 69.6 Å². The van der Waals surface area contributed by atoms with Gasteiger partial charge in [0, 0.05) is 24.0 Å². The first-order chi connectivity index (χ1) is 14.1. The molecule has 0 aliphatic carbocycles. The zero-order valence-electron chi connectivity index (χ0n) is 16.0. The summed E-state index contributed by atoms with van der Waals surface area (Å²) in [5.41, 5.74) is 0.0246. The number of carbonyl (C=O) groups is 2. The van der Waals surface area contributed by atoms with Crippen LogP contribution in [-0.2, 0) is 19.1 Å². The highest BCUT2D eigenvalue weighted by Crippen LogP contribution is 2.16. The van der Waals surface area contributed by atoms with E-state index in [0.29, 0.717) is 11.4 Å². The average molecular weight is 399 g/mol. The molecule has 0 saturated heterocycles. The van der Waals surface area contributed by atoms with E-state index in [9.17, 15) is 14.7 Å². The highest BCUT2D eigenvalue weighted by molar-refractivity contribution is 6.15. The van der Waals surface area contributed by atoms with Gasteiger partial charge in [-0.15, -0.1) is 0 Å². The number of esters is 2. The van der Waals surface area contributed by atoms with Crippen molar-refractivity contribution in [2.24, 2.45) is 4.99 Å². The predicted molar refractivity (Wildman–Crippen MR) is 106 cm³/mol. The van der Waals surface area contributed by atoms with Crippen molar-refractivity contribution in [2.45, 2.75) is 13.8 Å². The highest BCUT2D eigenvalue weighted by Gasteiger charge is 2.17. The average Bonchev–Trinajstić information content (AvgIpc) is 3.24. The molecule has 0 fully saturated rings. The molecule has 2 N–H and O–H groups in total. The quantitative estimate of drug-likeness (QED) is 0.285. The Morgan fingerprint density at radius 3 is 2.45 bits per heavy atom. The molecule has 1 heterocycles. The van der Waals surface area contributed by atoms with Crippen LogP contribution < -0.4 is 5.32 Å². The van der Waals surface area contributed by atoms with E-state index in [2.05, 4.69) is 15.5 Å². The number of aromatic nitrogens is 1. The Morgan fingerprint density at radius 1 is 1.14 bits per heavy atom. The summed E-state index contributed by atoms with van der Waals surface area (Å²) in [5, 5.41) is 16.9. The maximum Gasteiger partial charge on any atom is 0.358 e. The fourth-order valence-electron chi connectivity index (χ4n) is 2.09.